The summed E-state index contributed by atoms with van der Waals surface area (Å²) in [5.41, 5.74) is -0.624. The molecule has 6 nitrogen and oxygen atoms in total. The number of aromatic nitrogens is 3. The Kier molecular flexibility index (Phi) is 5.67. The third-order valence-corrected chi connectivity index (χ3v) is 5.61. The van der Waals surface area contributed by atoms with Gasteiger partial charge in [-0.25, -0.2) is 4.68 Å². The molecule has 3 heterocycles. The SMILES string of the molecule is Cl.O=C(c1cn(-c2ccccc2C(F)(F)F)nn1)N1CCC2(CCNC2)CC1. The molecule has 0 saturated carbocycles. The summed E-state index contributed by atoms with van der Waals surface area (Å²) >= 11 is 0. The maximum atomic E-state index is 13.2. The van der Waals surface area contributed by atoms with Crippen molar-refractivity contribution in [1.29, 1.82) is 0 Å². The summed E-state index contributed by atoms with van der Waals surface area (Å²) in [6.45, 7) is 3.26. The molecule has 2 aromatic rings. The number of para-hydroxylation sites is 1. The summed E-state index contributed by atoms with van der Waals surface area (Å²) in [4.78, 5) is 14.4. The first kappa shape index (κ1) is 20.6. The summed E-state index contributed by atoms with van der Waals surface area (Å²) < 4.78 is 40.6. The van der Waals surface area contributed by atoms with Crippen molar-refractivity contribution in [2.75, 3.05) is 26.2 Å². The summed E-state index contributed by atoms with van der Waals surface area (Å²) in [6, 6.07) is 5.10. The number of hydrogen-bond donors (Lipinski definition) is 1. The number of rotatable bonds is 2. The van der Waals surface area contributed by atoms with Crippen molar-refractivity contribution >= 4 is 18.3 Å². The third-order valence-electron chi connectivity index (χ3n) is 5.61. The first-order valence-electron chi connectivity index (χ1n) is 8.97. The second-order valence-corrected chi connectivity index (χ2v) is 7.28. The molecule has 0 aliphatic carbocycles. The van der Waals surface area contributed by atoms with Crippen LogP contribution in [0.5, 0.6) is 0 Å². The topological polar surface area (TPSA) is 63.1 Å². The number of piperidine rings is 1. The molecule has 2 saturated heterocycles. The number of carbonyl (C=O) groups excluding carboxylic acids is 1. The van der Waals surface area contributed by atoms with Gasteiger partial charge in [-0.3, -0.25) is 4.79 Å². The van der Waals surface area contributed by atoms with Gasteiger partial charge < -0.3 is 10.2 Å². The fraction of sp³-hybridized carbons (Fsp3) is 0.500. The lowest BCUT2D eigenvalue weighted by Gasteiger charge is -2.38. The van der Waals surface area contributed by atoms with Crippen LogP contribution in [0.15, 0.2) is 30.5 Å². The van der Waals surface area contributed by atoms with Crippen LogP contribution in [0.1, 0.15) is 35.3 Å². The molecule has 1 N–H and O–H groups in total. The summed E-state index contributed by atoms with van der Waals surface area (Å²) in [5.74, 6) is -0.286. The minimum atomic E-state index is -4.51. The van der Waals surface area contributed by atoms with Gasteiger partial charge in [-0.05, 0) is 43.4 Å². The summed E-state index contributed by atoms with van der Waals surface area (Å²) in [7, 11) is 0. The van der Waals surface area contributed by atoms with Crippen molar-refractivity contribution < 1.29 is 18.0 Å². The van der Waals surface area contributed by atoms with Crippen LogP contribution < -0.4 is 5.32 Å². The van der Waals surface area contributed by atoms with Crippen LogP contribution in [0.2, 0.25) is 0 Å². The second kappa shape index (κ2) is 7.71. The Morgan fingerprint density at radius 1 is 1.14 bits per heavy atom. The van der Waals surface area contributed by atoms with Crippen LogP contribution >= 0.6 is 12.4 Å². The van der Waals surface area contributed by atoms with E-state index in [9.17, 15) is 18.0 Å². The number of alkyl halides is 3. The van der Waals surface area contributed by atoms with Gasteiger partial charge in [0.25, 0.3) is 5.91 Å². The number of halogens is 4. The average Bonchev–Trinajstić information content (AvgIpc) is 3.31. The van der Waals surface area contributed by atoms with E-state index >= 15 is 0 Å². The molecule has 152 valence electrons. The van der Waals surface area contributed by atoms with E-state index in [-0.39, 0.29) is 35.1 Å². The zero-order valence-corrected chi connectivity index (χ0v) is 15.9. The number of carbonyl (C=O) groups is 1. The van der Waals surface area contributed by atoms with Crippen LogP contribution in [0.3, 0.4) is 0 Å². The number of nitrogens with one attached hydrogen (secondary N) is 1. The number of hydrogen-bond acceptors (Lipinski definition) is 4. The molecule has 2 fully saturated rings. The molecule has 0 unspecified atom stereocenters. The average molecular weight is 416 g/mol. The Labute approximate surface area is 166 Å². The second-order valence-electron chi connectivity index (χ2n) is 7.28. The smallest absolute Gasteiger partial charge is 0.337 e. The minimum Gasteiger partial charge on any atom is -0.337 e. The Hall–Kier alpha value is -2.13. The van der Waals surface area contributed by atoms with Gasteiger partial charge in [0, 0.05) is 19.6 Å². The number of nitrogens with zero attached hydrogens (tertiary/aromatic N) is 4. The molecule has 2 aliphatic rings. The first-order valence-corrected chi connectivity index (χ1v) is 8.97. The fourth-order valence-electron chi connectivity index (χ4n) is 3.96. The lowest BCUT2D eigenvalue weighted by atomic mass is 9.78. The van der Waals surface area contributed by atoms with E-state index in [0.717, 1.165) is 43.1 Å². The largest absolute Gasteiger partial charge is 0.418 e. The third kappa shape index (κ3) is 3.86. The van der Waals surface area contributed by atoms with Crippen molar-refractivity contribution in [2.45, 2.75) is 25.4 Å². The van der Waals surface area contributed by atoms with Gasteiger partial charge in [0.1, 0.15) is 0 Å². The lowest BCUT2D eigenvalue weighted by molar-refractivity contribution is -0.137. The first-order chi connectivity index (χ1) is 12.9. The molecule has 4 rings (SSSR count). The van der Waals surface area contributed by atoms with Crippen LogP contribution in [0, 0.1) is 5.41 Å². The summed E-state index contributed by atoms with van der Waals surface area (Å²) in [6.07, 6.45) is -0.259. The van der Waals surface area contributed by atoms with E-state index < -0.39 is 11.7 Å². The molecule has 1 aromatic heterocycles. The van der Waals surface area contributed by atoms with Gasteiger partial charge in [0.15, 0.2) is 5.69 Å². The van der Waals surface area contributed by atoms with Crippen LogP contribution in [-0.4, -0.2) is 52.0 Å². The zero-order chi connectivity index (χ0) is 19.1. The normalized spacial score (nSPS) is 18.9. The Balaban J connectivity index is 0.00000225. The fourth-order valence-corrected chi connectivity index (χ4v) is 3.96. The van der Waals surface area contributed by atoms with Gasteiger partial charge in [-0.1, -0.05) is 17.3 Å². The van der Waals surface area contributed by atoms with Gasteiger partial charge >= 0.3 is 6.18 Å². The molecule has 1 aromatic carbocycles. The monoisotopic (exact) mass is 415 g/mol. The van der Waals surface area contributed by atoms with E-state index in [2.05, 4.69) is 15.6 Å². The highest BCUT2D eigenvalue weighted by Gasteiger charge is 2.39. The minimum absolute atomic E-state index is 0. The van der Waals surface area contributed by atoms with Gasteiger partial charge in [0.2, 0.25) is 0 Å². The van der Waals surface area contributed by atoms with E-state index in [4.69, 9.17) is 0 Å². The molecule has 0 radical (unpaired) electrons. The number of benzene rings is 1. The Morgan fingerprint density at radius 3 is 2.50 bits per heavy atom. The number of amides is 1. The standard InChI is InChI=1S/C18H20F3N5O.ClH/c19-18(20,21)13-3-1-2-4-15(13)26-11-14(23-24-26)16(27)25-9-6-17(7-10-25)5-8-22-12-17;/h1-4,11,22H,5-10,12H2;1H. The highest BCUT2D eigenvalue weighted by Crippen LogP contribution is 2.37. The van der Waals surface area contributed by atoms with Gasteiger partial charge in [0.05, 0.1) is 17.4 Å². The molecular weight excluding hydrogens is 395 g/mol. The number of likely N-dealkylation sites (tertiary alicyclic amines) is 1. The Bertz CT molecular complexity index is 838. The molecule has 0 bridgehead atoms. The molecule has 28 heavy (non-hydrogen) atoms. The molecule has 2 aliphatic heterocycles. The lowest BCUT2D eigenvalue weighted by Crippen LogP contribution is -2.44. The van der Waals surface area contributed by atoms with E-state index in [1.165, 1.54) is 24.4 Å². The molecular formula is C18H21ClF3N5O. The Morgan fingerprint density at radius 2 is 1.86 bits per heavy atom. The van der Waals surface area contributed by atoms with Crippen molar-refractivity contribution in [2.24, 2.45) is 5.41 Å². The van der Waals surface area contributed by atoms with Crippen molar-refractivity contribution in [3.05, 3.63) is 41.7 Å². The van der Waals surface area contributed by atoms with Crippen molar-refractivity contribution in [3.8, 4) is 5.69 Å². The molecule has 1 spiro atoms. The van der Waals surface area contributed by atoms with E-state index in [0.29, 0.717) is 13.1 Å². The predicted octanol–water partition coefficient (Wildman–Crippen LogP) is 2.92. The van der Waals surface area contributed by atoms with E-state index in [1.807, 2.05) is 0 Å². The molecule has 0 atom stereocenters. The summed E-state index contributed by atoms with van der Waals surface area (Å²) in [5, 5.41) is 11.0. The van der Waals surface area contributed by atoms with Gasteiger partial charge in [-0.15, -0.1) is 17.5 Å². The van der Waals surface area contributed by atoms with Crippen LogP contribution in [0.25, 0.3) is 5.69 Å². The highest BCUT2D eigenvalue weighted by atomic mass is 35.5. The van der Waals surface area contributed by atoms with Crippen LogP contribution in [0.4, 0.5) is 13.2 Å². The molecule has 10 heteroatoms. The zero-order valence-electron chi connectivity index (χ0n) is 15.1. The van der Waals surface area contributed by atoms with Crippen molar-refractivity contribution in [1.82, 2.24) is 25.2 Å². The molecule has 1 amide bonds. The van der Waals surface area contributed by atoms with E-state index in [1.54, 1.807) is 4.90 Å². The highest BCUT2D eigenvalue weighted by molar-refractivity contribution is 5.92. The maximum Gasteiger partial charge on any atom is 0.418 e. The van der Waals surface area contributed by atoms with Crippen LogP contribution in [-0.2, 0) is 6.18 Å². The van der Waals surface area contributed by atoms with Crippen molar-refractivity contribution in [3.63, 3.8) is 0 Å². The van der Waals surface area contributed by atoms with Gasteiger partial charge in [-0.2, -0.15) is 13.2 Å². The maximum absolute atomic E-state index is 13.2. The predicted molar refractivity (Wildman–Crippen MR) is 98.7 cm³/mol. The quantitative estimate of drug-likeness (QED) is 0.819.